The summed E-state index contributed by atoms with van der Waals surface area (Å²) in [5.41, 5.74) is 2.32. The maximum atomic E-state index is 9.29. The fourth-order valence-electron chi connectivity index (χ4n) is 2.03. The normalized spacial score (nSPS) is 12.1. The number of quaternary nitrogens is 1. The molecule has 0 radical (unpaired) electrons. The number of ether oxygens (including phenoxy) is 1. The van der Waals surface area contributed by atoms with Gasteiger partial charge >= 0.3 is 0 Å². The van der Waals surface area contributed by atoms with Gasteiger partial charge in [0.1, 0.15) is 25.4 Å². The third-order valence-electron chi connectivity index (χ3n) is 3.08. The van der Waals surface area contributed by atoms with Crippen molar-refractivity contribution in [1.82, 2.24) is 0 Å². The van der Waals surface area contributed by atoms with E-state index >= 15 is 0 Å². The molecule has 0 saturated carbocycles. The van der Waals surface area contributed by atoms with Crippen LogP contribution in [0.15, 0.2) is 54.6 Å². The van der Waals surface area contributed by atoms with E-state index in [1.54, 1.807) is 6.92 Å². The molecule has 3 nitrogen and oxygen atoms in total. The molecule has 1 atom stereocenters. The Labute approximate surface area is 120 Å². The van der Waals surface area contributed by atoms with E-state index in [0.29, 0.717) is 13.2 Å². The lowest BCUT2D eigenvalue weighted by Crippen LogP contribution is -2.84. The minimum atomic E-state index is -0.285. The molecule has 0 saturated heterocycles. The maximum absolute atomic E-state index is 9.29. The molecule has 3 N–H and O–H groups in total. The molecule has 0 fully saturated rings. The van der Waals surface area contributed by atoms with Gasteiger partial charge in [0, 0.05) is 5.56 Å². The molecule has 0 unspecified atom stereocenters. The van der Waals surface area contributed by atoms with Gasteiger partial charge in [-0.05, 0) is 24.6 Å². The van der Waals surface area contributed by atoms with Gasteiger partial charge in [0.25, 0.3) is 0 Å². The third kappa shape index (κ3) is 4.68. The topological polar surface area (TPSA) is 46.1 Å². The first kappa shape index (κ1) is 14.6. The van der Waals surface area contributed by atoms with Gasteiger partial charge in [0.15, 0.2) is 0 Å². The summed E-state index contributed by atoms with van der Waals surface area (Å²) >= 11 is 0. The third-order valence-corrected chi connectivity index (χ3v) is 3.08. The van der Waals surface area contributed by atoms with Crippen molar-refractivity contribution in [2.24, 2.45) is 0 Å². The van der Waals surface area contributed by atoms with Gasteiger partial charge in [-0.1, -0.05) is 42.5 Å². The number of aliphatic hydroxyl groups is 1. The van der Waals surface area contributed by atoms with Crippen LogP contribution in [0.5, 0.6) is 5.75 Å². The number of rotatable bonds is 7. The van der Waals surface area contributed by atoms with E-state index < -0.39 is 0 Å². The first-order chi connectivity index (χ1) is 9.75. The van der Waals surface area contributed by atoms with E-state index in [2.05, 4.69) is 23.5 Å². The first-order valence-corrected chi connectivity index (χ1v) is 7.00. The van der Waals surface area contributed by atoms with Crippen molar-refractivity contribution >= 4 is 0 Å². The molecule has 0 bridgehead atoms. The van der Waals surface area contributed by atoms with Crippen molar-refractivity contribution < 1.29 is 15.2 Å². The standard InChI is InChI=1S/C17H21NO2/c1-14(19)11-18-12-16-9-5-6-10-17(16)20-13-15-7-3-2-4-8-15/h2-10,14,18-19H,11-13H2,1H3/p+1/t14-/m1/s1. The second-order valence-electron chi connectivity index (χ2n) is 4.96. The summed E-state index contributed by atoms with van der Waals surface area (Å²) in [6, 6.07) is 18.2. The summed E-state index contributed by atoms with van der Waals surface area (Å²) in [5, 5.41) is 11.4. The minimum Gasteiger partial charge on any atom is -0.488 e. The van der Waals surface area contributed by atoms with Crippen LogP contribution in [0.3, 0.4) is 0 Å². The zero-order valence-corrected chi connectivity index (χ0v) is 11.8. The SMILES string of the molecule is C[C@@H](O)C[NH2+]Cc1ccccc1OCc1ccccc1. The van der Waals surface area contributed by atoms with Crippen LogP contribution in [0.1, 0.15) is 18.1 Å². The number of benzene rings is 2. The second-order valence-corrected chi connectivity index (χ2v) is 4.96. The maximum Gasteiger partial charge on any atom is 0.128 e. The smallest absolute Gasteiger partial charge is 0.128 e. The summed E-state index contributed by atoms with van der Waals surface area (Å²) in [5.74, 6) is 0.915. The molecule has 0 aliphatic heterocycles. The molecule has 0 aromatic heterocycles. The zero-order chi connectivity index (χ0) is 14.2. The Bertz CT molecular complexity index is 511. The molecule has 0 amide bonds. The predicted molar refractivity (Wildman–Crippen MR) is 79.4 cm³/mol. The Morgan fingerprint density at radius 2 is 1.75 bits per heavy atom. The van der Waals surface area contributed by atoms with Crippen LogP contribution in [0.4, 0.5) is 0 Å². The monoisotopic (exact) mass is 272 g/mol. The number of hydrogen-bond acceptors (Lipinski definition) is 2. The number of hydrogen-bond donors (Lipinski definition) is 2. The Morgan fingerprint density at radius 3 is 2.50 bits per heavy atom. The van der Waals surface area contributed by atoms with Gasteiger partial charge in [-0.15, -0.1) is 0 Å². The van der Waals surface area contributed by atoms with Crippen LogP contribution in [0.2, 0.25) is 0 Å². The van der Waals surface area contributed by atoms with E-state index in [1.165, 1.54) is 0 Å². The predicted octanol–water partition coefficient (Wildman–Crippen LogP) is 1.71. The van der Waals surface area contributed by atoms with Gasteiger partial charge < -0.3 is 15.2 Å². The van der Waals surface area contributed by atoms with Crippen LogP contribution in [-0.4, -0.2) is 17.8 Å². The number of nitrogens with two attached hydrogens (primary N) is 1. The molecule has 106 valence electrons. The summed E-state index contributed by atoms with van der Waals surface area (Å²) in [4.78, 5) is 0. The lowest BCUT2D eigenvalue weighted by atomic mass is 10.2. The van der Waals surface area contributed by atoms with E-state index in [9.17, 15) is 5.11 Å². The molecule has 20 heavy (non-hydrogen) atoms. The Morgan fingerprint density at radius 1 is 1.05 bits per heavy atom. The molecule has 3 heteroatoms. The van der Waals surface area contributed by atoms with Crippen molar-refractivity contribution in [2.75, 3.05) is 6.54 Å². The van der Waals surface area contributed by atoms with Crippen molar-refractivity contribution in [3.63, 3.8) is 0 Å². The van der Waals surface area contributed by atoms with Crippen molar-refractivity contribution in [1.29, 1.82) is 0 Å². The lowest BCUT2D eigenvalue weighted by Gasteiger charge is -2.11. The van der Waals surface area contributed by atoms with Crippen molar-refractivity contribution in [3.8, 4) is 5.75 Å². The van der Waals surface area contributed by atoms with Crippen LogP contribution in [0.25, 0.3) is 0 Å². The highest BCUT2D eigenvalue weighted by Gasteiger charge is 2.06. The van der Waals surface area contributed by atoms with Crippen LogP contribution >= 0.6 is 0 Å². The molecule has 0 aliphatic carbocycles. The van der Waals surface area contributed by atoms with Crippen LogP contribution in [0, 0.1) is 0 Å². The highest BCUT2D eigenvalue weighted by molar-refractivity contribution is 5.32. The fourth-order valence-corrected chi connectivity index (χ4v) is 2.03. The Balaban J connectivity index is 1.93. The molecular weight excluding hydrogens is 250 g/mol. The molecule has 0 spiro atoms. The van der Waals surface area contributed by atoms with E-state index in [4.69, 9.17) is 4.74 Å². The molecule has 0 aliphatic rings. The highest BCUT2D eigenvalue weighted by Crippen LogP contribution is 2.18. The Hall–Kier alpha value is -1.84. The average Bonchev–Trinajstić information content (AvgIpc) is 2.47. The van der Waals surface area contributed by atoms with E-state index in [1.807, 2.05) is 36.4 Å². The van der Waals surface area contributed by atoms with Gasteiger partial charge in [0.2, 0.25) is 0 Å². The number of para-hydroxylation sites is 1. The summed E-state index contributed by atoms with van der Waals surface area (Å²) in [6.07, 6.45) is -0.285. The summed E-state index contributed by atoms with van der Waals surface area (Å²) in [7, 11) is 0. The van der Waals surface area contributed by atoms with Crippen molar-refractivity contribution in [2.45, 2.75) is 26.2 Å². The van der Waals surface area contributed by atoms with Gasteiger partial charge in [-0.2, -0.15) is 0 Å². The summed E-state index contributed by atoms with van der Waals surface area (Å²) in [6.45, 7) is 3.89. The molecular formula is C17H22NO2+. The summed E-state index contributed by atoms with van der Waals surface area (Å²) < 4.78 is 5.90. The van der Waals surface area contributed by atoms with Gasteiger partial charge in [-0.25, -0.2) is 0 Å². The average molecular weight is 272 g/mol. The quantitative estimate of drug-likeness (QED) is 0.806. The molecule has 0 heterocycles. The molecule has 2 aromatic rings. The number of aliphatic hydroxyl groups excluding tert-OH is 1. The molecule has 2 aromatic carbocycles. The van der Waals surface area contributed by atoms with Crippen LogP contribution in [-0.2, 0) is 13.2 Å². The van der Waals surface area contributed by atoms with Gasteiger partial charge in [-0.3, -0.25) is 0 Å². The fraction of sp³-hybridized carbons (Fsp3) is 0.294. The van der Waals surface area contributed by atoms with Gasteiger partial charge in [0.05, 0.1) is 6.10 Å². The largest absolute Gasteiger partial charge is 0.488 e. The molecule has 2 rings (SSSR count). The highest BCUT2D eigenvalue weighted by atomic mass is 16.5. The first-order valence-electron chi connectivity index (χ1n) is 7.00. The lowest BCUT2D eigenvalue weighted by molar-refractivity contribution is -0.676. The Kier molecular flexibility index (Phi) is 5.59. The second kappa shape index (κ2) is 7.68. The zero-order valence-electron chi connectivity index (χ0n) is 11.8. The van der Waals surface area contributed by atoms with E-state index in [0.717, 1.165) is 23.4 Å². The van der Waals surface area contributed by atoms with Crippen LogP contribution < -0.4 is 10.1 Å². The minimum absolute atomic E-state index is 0.285. The van der Waals surface area contributed by atoms with E-state index in [-0.39, 0.29) is 6.10 Å². The van der Waals surface area contributed by atoms with Crippen molar-refractivity contribution in [3.05, 3.63) is 65.7 Å².